The summed E-state index contributed by atoms with van der Waals surface area (Å²) < 4.78 is 5.21. The van der Waals surface area contributed by atoms with Crippen molar-refractivity contribution in [1.29, 1.82) is 0 Å². The van der Waals surface area contributed by atoms with Gasteiger partial charge in [0.2, 0.25) is 0 Å². The van der Waals surface area contributed by atoms with Gasteiger partial charge in [0.05, 0.1) is 6.26 Å². The normalized spacial score (nSPS) is 15.1. The molecule has 0 N–H and O–H groups in total. The molecule has 0 unspecified atom stereocenters. The summed E-state index contributed by atoms with van der Waals surface area (Å²) in [6.07, 6.45) is 3.33. The van der Waals surface area contributed by atoms with E-state index in [1.54, 1.807) is 18.3 Å². The van der Waals surface area contributed by atoms with Crippen LogP contribution >= 0.6 is 11.6 Å². The van der Waals surface area contributed by atoms with E-state index in [0.717, 1.165) is 36.3 Å². The maximum absolute atomic E-state index is 12.4. The Morgan fingerprint density at radius 2 is 1.81 bits per heavy atom. The van der Waals surface area contributed by atoms with Gasteiger partial charge >= 0.3 is 0 Å². The van der Waals surface area contributed by atoms with Crippen molar-refractivity contribution in [2.75, 3.05) is 26.2 Å². The van der Waals surface area contributed by atoms with Crippen LogP contribution < -0.4 is 0 Å². The molecular weight excluding hydrogens is 362 g/mol. The number of aromatic nitrogens is 1. The number of hydrogen-bond acceptors (Lipinski definition) is 4. The topological polar surface area (TPSA) is 49.6 Å². The molecule has 1 aromatic carbocycles. The molecule has 3 aromatic rings. The largest absolute Gasteiger partial charge is 0.459 e. The summed E-state index contributed by atoms with van der Waals surface area (Å²) in [7, 11) is 0. The van der Waals surface area contributed by atoms with Crippen LogP contribution in [0.3, 0.4) is 0 Å². The van der Waals surface area contributed by atoms with E-state index >= 15 is 0 Å². The van der Waals surface area contributed by atoms with Gasteiger partial charge < -0.3 is 9.32 Å². The van der Waals surface area contributed by atoms with Crippen LogP contribution in [0.25, 0.3) is 11.1 Å². The van der Waals surface area contributed by atoms with E-state index in [4.69, 9.17) is 16.0 Å². The van der Waals surface area contributed by atoms with Crippen molar-refractivity contribution in [2.24, 2.45) is 0 Å². The highest BCUT2D eigenvalue weighted by molar-refractivity contribution is 6.30. The molecule has 3 heterocycles. The highest BCUT2D eigenvalue weighted by atomic mass is 35.5. The zero-order chi connectivity index (χ0) is 18.6. The van der Waals surface area contributed by atoms with Crippen LogP contribution in [0, 0.1) is 0 Å². The molecule has 27 heavy (non-hydrogen) atoms. The monoisotopic (exact) mass is 381 g/mol. The fraction of sp³-hybridized carbons (Fsp3) is 0.238. The molecule has 0 radical (unpaired) electrons. The van der Waals surface area contributed by atoms with Crippen molar-refractivity contribution < 1.29 is 9.21 Å². The van der Waals surface area contributed by atoms with Crippen LogP contribution in [0.2, 0.25) is 5.15 Å². The summed E-state index contributed by atoms with van der Waals surface area (Å²) in [4.78, 5) is 20.8. The maximum atomic E-state index is 12.4. The van der Waals surface area contributed by atoms with Gasteiger partial charge in [0.25, 0.3) is 5.91 Å². The van der Waals surface area contributed by atoms with Gasteiger partial charge in [0, 0.05) is 50.0 Å². The fourth-order valence-corrected chi connectivity index (χ4v) is 3.46. The van der Waals surface area contributed by atoms with E-state index in [0.29, 0.717) is 24.0 Å². The van der Waals surface area contributed by atoms with Gasteiger partial charge in [0.15, 0.2) is 5.76 Å². The average Bonchev–Trinajstić information content (AvgIpc) is 3.25. The summed E-state index contributed by atoms with van der Waals surface area (Å²) in [5.41, 5.74) is 3.18. The first-order valence-electron chi connectivity index (χ1n) is 8.96. The number of piperazine rings is 1. The second-order valence-electron chi connectivity index (χ2n) is 6.59. The van der Waals surface area contributed by atoms with E-state index in [1.807, 2.05) is 23.1 Å². The standard InChI is InChI=1S/C21H20ClN3O2/c22-20-18(13-17(14-23-20)16-5-2-1-3-6-16)15-24-8-10-25(11-9-24)21(26)19-7-4-12-27-19/h1-7,12-14H,8-11,15H2. The Morgan fingerprint density at radius 1 is 1.04 bits per heavy atom. The molecule has 6 heteroatoms. The molecule has 1 aliphatic rings. The highest BCUT2D eigenvalue weighted by Gasteiger charge is 2.24. The Balaban J connectivity index is 1.41. The van der Waals surface area contributed by atoms with Crippen LogP contribution in [0.5, 0.6) is 0 Å². The molecule has 1 fully saturated rings. The fourth-order valence-electron chi connectivity index (χ4n) is 3.30. The summed E-state index contributed by atoms with van der Waals surface area (Å²) in [5.74, 6) is 0.344. The van der Waals surface area contributed by atoms with E-state index in [2.05, 4.69) is 28.1 Å². The molecular formula is C21H20ClN3O2. The van der Waals surface area contributed by atoms with Crippen molar-refractivity contribution in [1.82, 2.24) is 14.8 Å². The molecule has 0 spiro atoms. The van der Waals surface area contributed by atoms with Gasteiger partial charge in [-0.1, -0.05) is 41.9 Å². The van der Waals surface area contributed by atoms with Crippen LogP contribution in [0.15, 0.2) is 65.4 Å². The van der Waals surface area contributed by atoms with Crippen LogP contribution in [-0.4, -0.2) is 46.9 Å². The van der Waals surface area contributed by atoms with E-state index < -0.39 is 0 Å². The zero-order valence-corrected chi connectivity index (χ0v) is 15.6. The third-order valence-electron chi connectivity index (χ3n) is 4.80. The number of halogens is 1. The van der Waals surface area contributed by atoms with Crippen molar-refractivity contribution >= 4 is 17.5 Å². The lowest BCUT2D eigenvalue weighted by molar-refractivity contribution is 0.0597. The summed E-state index contributed by atoms with van der Waals surface area (Å²) in [6.45, 7) is 3.64. The Hall–Kier alpha value is -2.63. The zero-order valence-electron chi connectivity index (χ0n) is 14.8. The number of carbonyl (C=O) groups excluding carboxylic acids is 1. The molecule has 0 aliphatic carbocycles. The average molecular weight is 382 g/mol. The van der Waals surface area contributed by atoms with Gasteiger partial charge in [0.1, 0.15) is 5.15 Å². The first-order valence-corrected chi connectivity index (χ1v) is 9.33. The lowest BCUT2D eigenvalue weighted by Crippen LogP contribution is -2.48. The lowest BCUT2D eigenvalue weighted by Gasteiger charge is -2.34. The Bertz CT molecular complexity index is 904. The maximum Gasteiger partial charge on any atom is 0.289 e. The van der Waals surface area contributed by atoms with E-state index in [1.165, 1.54) is 6.26 Å². The minimum atomic E-state index is -0.0505. The molecule has 5 nitrogen and oxygen atoms in total. The predicted octanol–water partition coefficient (Wildman–Crippen LogP) is 3.95. The van der Waals surface area contributed by atoms with Crippen LogP contribution in [0.4, 0.5) is 0 Å². The molecule has 1 amide bonds. The number of nitrogens with zero attached hydrogens (tertiary/aromatic N) is 3. The molecule has 4 rings (SSSR count). The molecule has 0 atom stereocenters. The molecule has 138 valence electrons. The Morgan fingerprint density at radius 3 is 2.52 bits per heavy atom. The molecule has 1 saturated heterocycles. The quantitative estimate of drug-likeness (QED) is 0.642. The van der Waals surface area contributed by atoms with Crippen molar-refractivity contribution in [3.05, 3.63) is 77.5 Å². The number of benzene rings is 1. The first-order chi connectivity index (χ1) is 13.2. The number of furan rings is 1. The molecule has 0 saturated carbocycles. The third kappa shape index (κ3) is 4.04. The molecule has 1 aliphatic heterocycles. The Labute approximate surface area is 163 Å². The van der Waals surface area contributed by atoms with E-state index in [9.17, 15) is 4.79 Å². The van der Waals surface area contributed by atoms with Crippen LogP contribution in [-0.2, 0) is 6.54 Å². The van der Waals surface area contributed by atoms with Crippen molar-refractivity contribution in [3.8, 4) is 11.1 Å². The van der Waals surface area contributed by atoms with Gasteiger partial charge in [-0.2, -0.15) is 0 Å². The van der Waals surface area contributed by atoms with E-state index in [-0.39, 0.29) is 5.91 Å². The highest BCUT2D eigenvalue weighted by Crippen LogP contribution is 2.24. The molecule has 0 bridgehead atoms. The smallest absolute Gasteiger partial charge is 0.289 e. The summed E-state index contributed by atoms with van der Waals surface area (Å²) >= 11 is 6.33. The van der Waals surface area contributed by atoms with Gasteiger partial charge in [-0.3, -0.25) is 9.69 Å². The number of carbonyl (C=O) groups is 1. The van der Waals surface area contributed by atoms with Gasteiger partial charge in [-0.25, -0.2) is 4.98 Å². The number of rotatable bonds is 4. The Kier molecular flexibility index (Phi) is 5.23. The van der Waals surface area contributed by atoms with Crippen molar-refractivity contribution in [2.45, 2.75) is 6.54 Å². The third-order valence-corrected chi connectivity index (χ3v) is 5.14. The lowest BCUT2D eigenvalue weighted by atomic mass is 10.1. The van der Waals surface area contributed by atoms with Crippen molar-refractivity contribution in [3.63, 3.8) is 0 Å². The summed E-state index contributed by atoms with van der Waals surface area (Å²) in [5, 5.41) is 0.531. The van der Waals surface area contributed by atoms with Crippen LogP contribution in [0.1, 0.15) is 16.1 Å². The molecule has 2 aromatic heterocycles. The second-order valence-corrected chi connectivity index (χ2v) is 6.94. The predicted molar refractivity (Wildman–Crippen MR) is 105 cm³/mol. The minimum Gasteiger partial charge on any atom is -0.459 e. The summed E-state index contributed by atoms with van der Waals surface area (Å²) in [6, 6.07) is 15.7. The minimum absolute atomic E-state index is 0.0505. The van der Waals surface area contributed by atoms with Gasteiger partial charge in [-0.05, 0) is 23.8 Å². The number of hydrogen-bond donors (Lipinski definition) is 0. The number of pyridine rings is 1. The second kappa shape index (κ2) is 7.94. The number of amides is 1. The first kappa shape index (κ1) is 17.8. The van der Waals surface area contributed by atoms with Gasteiger partial charge in [-0.15, -0.1) is 0 Å². The SMILES string of the molecule is O=C(c1ccco1)N1CCN(Cc2cc(-c3ccccc3)cnc2Cl)CC1.